The number of hydrogen-bond acceptors (Lipinski definition) is 4. The summed E-state index contributed by atoms with van der Waals surface area (Å²) >= 11 is 0. The maximum atomic E-state index is 13.8. The van der Waals surface area contributed by atoms with Crippen LogP contribution >= 0.6 is 0 Å². The number of phenols is 1. The minimum atomic E-state index is -0.329. The van der Waals surface area contributed by atoms with E-state index in [0.717, 1.165) is 45.2 Å². The Hall–Kier alpha value is -4.05. The van der Waals surface area contributed by atoms with Gasteiger partial charge in [0.25, 0.3) is 0 Å². The van der Waals surface area contributed by atoms with Crippen molar-refractivity contribution >= 4 is 27.8 Å². The van der Waals surface area contributed by atoms with Gasteiger partial charge >= 0.3 is 0 Å². The maximum absolute atomic E-state index is 13.8. The van der Waals surface area contributed by atoms with Gasteiger partial charge in [0, 0.05) is 23.2 Å². The lowest BCUT2D eigenvalue weighted by Crippen LogP contribution is -2.29. The number of allylic oxidation sites excluding steroid dienone is 1. The molecule has 4 nitrogen and oxygen atoms in total. The van der Waals surface area contributed by atoms with E-state index in [1.165, 1.54) is 12.7 Å². The second-order valence-electron chi connectivity index (χ2n) is 9.05. The van der Waals surface area contributed by atoms with Crippen LogP contribution in [0.1, 0.15) is 41.5 Å². The van der Waals surface area contributed by atoms with E-state index in [2.05, 4.69) is 47.8 Å². The Labute approximate surface area is 198 Å². The topological polar surface area (TPSA) is 58.6 Å². The molecule has 0 bridgehead atoms. The molecule has 1 aliphatic heterocycles. The Balaban J connectivity index is 1.56. The Morgan fingerprint density at radius 3 is 2.47 bits per heavy atom. The highest BCUT2D eigenvalue weighted by molar-refractivity contribution is 6.13. The van der Waals surface area contributed by atoms with E-state index >= 15 is 0 Å². The molecule has 0 amide bonds. The van der Waals surface area contributed by atoms with E-state index in [1.54, 1.807) is 12.1 Å². The predicted octanol–water partition coefficient (Wildman–Crippen LogP) is 6.62. The van der Waals surface area contributed by atoms with Gasteiger partial charge in [0.2, 0.25) is 0 Å². The highest BCUT2D eigenvalue weighted by Gasteiger charge is 2.38. The van der Waals surface area contributed by atoms with Crippen molar-refractivity contribution < 1.29 is 14.6 Å². The van der Waals surface area contributed by atoms with E-state index in [9.17, 15) is 9.90 Å². The zero-order valence-electron chi connectivity index (χ0n) is 18.9. The van der Waals surface area contributed by atoms with E-state index in [0.29, 0.717) is 12.2 Å². The molecule has 4 aromatic rings. The van der Waals surface area contributed by atoms with Gasteiger partial charge in [-0.1, -0.05) is 66.7 Å². The van der Waals surface area contributed by atoms with Crippen LogP contribution in [0.25, 0.3) is 16.3 Å². The lowest BCUT2D eigenvalue weighted by Gasteiger charge is -2.37. The SMILES string of the molecule is COc1ccc([C@@H]2Nc3ccc4ccccc4c3C3=C2C(=O)C[C@H](c2ccccc2)C3)cc1O. The molecule has 4 heteroatoms. The van der Waals surface area contributed by atoms with Gasteiger partial charge in [-0.05, 0) is 58.0 Å². The van der Waals surface area contributed by atoms with Crippen LogP contribution in [-0.2, 0) is 4.79 Å². The van der Waals surface area contributed by atoms with Crippen molar-refractivity contribution in [3.05, 3.63) is 107 Å². The minimum Gasteiger partial charge on any atom is -0.504 e. The van der Waals surface area contributed by atoms with Gasteiger partial charge in [0.1, 0.15) is 0 Å². The molecule has 2 N–H and O–H groups in total. The molecule has 2 atom stereocenters. The lowest BCUT2D eigenvalue weighted by molar-refractivity contribution is -0.116. The number of carbonyl (C=O) groups excluding carboxylic acids is 1. The van der Waals surface area contributed by atoms with Gasteiger partial charge in [-0.25, -0.2) is 0 Å². The molecule has 6 rings (SSSR count). The maximum Gasteiger partial charge on any atom is 0.162 e. The molecule has 0 saturated heterocycles. The minimum absolute atomic E-state index is 0.0682. The molecule has 0 fully saturated rings. The van der Waals surface area contributed by atoms with Crippen LogP contribution in [0.15, 0.2) is 90.5 Å². The fourth-order valence-corrected chi connectivity index (χ4v) is 5.54. The molecule has 1 heterocycles. The third-order valence-electron chi connectivity index (χ3n) is 7.13. The number of benzene rings is 4. The molecule has 1 aliphatic carbocycles. The van der Waals surface area contributed by atoms with Gasteiger partial charge in [0.15, 0.2) is 17.3 Å². The Morgan fingerprint density at radius 2 is 1.68 bits per heavy atom. The van der Waals surface area contributed by atoms with Crippen molar-refractivity contribution in [1.82, 2.24) is 0 Å². The lowest BCUT2D eigenvalue weighted by atomic mass is 9.71. The second-order valence-corrected chi connectivity index (χ2v) is 9.05. The number of ketones is 1. The molecular weight excluding hydrogens is 422 g/mol. The van der Waals surface area contributed by atoms with Gasteiger partial charge in [-0.15, -0.1) is 0 Å². The summed E-state index contributed by atoms with van der Waals surface area (Å²) < 4.78 is 5.23. The number of Topliss-reactive ketones (excluding diaryl/α,β-unsaturated/α-hetero) is 1. The van der Waals surface area contributed by atoms with Crippen LogP contribution in [0.2, 0.25) is 0 Å². The van der Waals surface area contributed by atoms with Gasteiger partial charge in [-0.2, -0.15) is 0 Å². The zero-order valence-corrected chi connectivity index (χ0v) is 18.9. The van der Waals surface area contributed by atoms with E-state index < -0.39 is 0 Å². The summed E-state index contributed by atoms with van der Waals surface area (Å²) in [7, 11) is 1.53. The van der Waals surface area contributed by atoms with Crippen LogP contribution in [0.3, 0.4) is 0 Å². The van der Waals surface area contributed by atoms with Gasteiger partial charge in [-0.3, -0.25) is 4.79 Å². The summed E-state index contributed by atoms with van der Waals surface area (Å²) in [5.74, 6) is 0.779. The quantitative estimate of drug-likeness (QED) is 0.370. The first-order valence-electron chi connectivity index (χ1n) is 11.6. The smallest absolute Gasteiger partial charge is 0.162 e. The number of methoxy groups -OCH3 is 1. The highest BCUT2D eigenvalue weighted by Crippen LogP contribution is 2.51. The standard InChI is InChI=1S/C30H25NO3/c1-34-27-14-12-20(16-25(27)32)30-29-23(15-21(17-26(29)33)18-7-3-2-4-8-18)28-22-10-6-5-9-19(22)11-13-24(28)31-30/h2-14,16,21,30-32H,15,17H2,1H3/t21-,30+/m1/s1. The average Bonchev–Trinajstić information content (AvgIpc) is 2.88. The van der Waals surface area contributed by atoms with Gasteiger partial charge in [0.05, 0.1) is 13.2 Å². The third kappa shape index (κ3) is 3.26. The number of phenolic OH excluding ortho intramolecular Hbond substituents is 1. The number of anilines is 1. The van der Waals surface area contributed by atoms with E-state index in [1.807, 2.05) is 30.3 Å². The van der Waals surface area contributed by atoms with Crippen LogP contribution in [0.4, 0.5) is 5.69 Å². The Kier molecular flexibility index (Phi) is 4.88. The van der Waals surface area contributed by atoms with Crippen molar-refractivity contribution in [2.24, 2.45) is 0 Å². The summed E-state index contributed by atoms with van der Waals surface area (Å²) in [6.07, 6.45) is 1.27. The molecule has 4 aromatic carbocycles. The number of nitrogens with one attached hydrogen (secondary N) is 1. The number of carbonyl (C=O) groups is 1. The number of fused-ring (bicyclic) bond motifs is 4. The normalized spacial score (nSPS) is 19.4. The molecule has 34 heavy (non-hydrogen) atoms. The van der Waals surface area contributed by atoms with E-state index in [-0.39, 0.29) is 23.5 Å². The monoisotopic (exact) mass is 447 g/mol. The van der Waals surface area contributed by atoms with Crippen LogP contribution in [0, 0.1) is 0 Å². The summed E-state index contributed by atoms with van der Waals surface area (Å²) in [6, 6.07) is 27.9. The van der Waals surface area contributed by atoms with Crippen LogP contribution in [-0.4, -0.2) is 18.0 Å². The number of hydrogen-bond donors (Lipinski definition) is 2. The van der Waals surface area contributed by atoms with Crippen molar-refractivity contribution in [1.29, 1.82) is 0 Å². The molecule has 2 aliphatic rings. The second kappa shape index (κ2) is 8.07. The molecule has 0 saturated carbocycles. The largest absolute Gasteiger partial charge is 0.504 e. The Bertz CT molecular complexity index is 1450. The molecule has 168 valence electrons. The summed E-state index contributed by atoms with van der Waals surface area (Å²) in [5, 5.41) is 16.4. The fourth-order valence-electron chi connectivity index (χ4n) is 5.54. The summed E-state index contributed by atoms with van der Waals surface area (Å²) in [6.45, 7) is 0. The first-order chi connectivity index (χ1) is 16.6. The summed E-state index contributed by atoms with van der Waals surface area (Å²) in [5.41, 5.74) is 6.09. The van der Waals surface area contributed by atoms with Crippen molar-refractivity contribution in [2.45, 2.75) is 24.8 Å². The predicted molar refractivity (Wildman–Crippen MR) is 135 cm³/mol. The number of aromatic hydroxyl groups is 1. The zero-order chi connectivity index (χ0) is 23.2. The molecule has 0 radical (unpaired) electrons. The number of ether oxygens (including phenoxy) is 1. The molecule has 0 unspecified atom stereocenters. The van der Waals surface area contributed by atoms with E-state index in [4.69, 9.17) is 4.74 Å². The van der Waals surface area contributed by atoms with Crippen molar-refractivity contribution in [3.8, 4) is 11.5 Å². The first-order valence-corrected chi connectivity index (χ1v) is 11.6. The molecular formula is C30H25NO3. The fraction of sp³-hybridized carbons (Fsp3) is 0.167. The third-order valence-corrected chi connectivity index (χ3v) is 7.13. The van der Waals surface area contributed by atoms with Crippen molar-refractivity contribution in [2.75, 3.05) is 12.4 Å². The van der Waals surface area contributed by atoms with Crippen LogP contribution in [0.5, 0.6) is 11.5 Å². The highest BCUT2D eigenvalue weighted by atomic mass is 16.5. The van der Waals surface area contributed by atoms with Crippen LogP contribution < -0.4 is 10.1 Å². The average molecular weight is 448 g/mol. The van der Waals surface area contributed by atoms with Gasteiger partial charge < -0.3 is 15.2 Å². The van der Waals surface area contributed by atoms with Crippen molar-refractivity contribution in [3.63, 3.8) is 0 Å². The first kappa shape index (κ1) is 20.5. The number of rotatable bonds is 3. The molecule has 0 aromatic heterocycles. The summed E-state index contributed by atoms with van der Waals surface area (Å²) in [4.78, 5) is 13.8. The Morgan fingerprint density at radius 1 is 0.882 bits per heavy atom. The molecule has 0 spiro atoms.